The van der Waals surface area contributed by atoms with E-state index in [0.29, 0.717) is 11.4 Å². The third-order valence-corrected chi connectivity index (χ3v) is 8.81. The highest BCUT2D eigenvalue weighted by atomic mass is 32.1. The fourth-order valence-electron chi connectivity index (χ4n) is 7.03. The van der Waals surface area contributed by atoms with E-state index in [1.807, 2.05) is 0 Å². The van der Waals surface area contributed by atoms with Crippen molar-refractivity contribution >= 4 is 27.5 Å². The minimum absolute atomic E-state index is 0.0578. The maximum Gasteiger partial charge on any atom is 0.261 e. The molecule has 4 nitrogen and oxygen atoms in total. The number of thiophene rings is 1. The quantitative estimate of drug-likeness (QED) is 0.838. The zero-order valence-corrected chi connectivity index (χ0v) is 16.1. The first-order valence-electron chi connectivity index (χ1n) is 10.5. The van der Waals surface area contributed by atoms with Gasteiger partial charge in [0.2, 0.25) is 5.95 Å². The number of nitrogens with zero attached hydrogens (tertiary/aromatic N) is 1. The molecule has 4 bridgehead atoms. The van der Waals surface area contributed by atoms with Crippen LogP contribution in [0.5, 0.6) is 0 Å². The van der Waals surface area contributed by atoms with Crippen LogP contribution in [0.1, 0.15) is 61.8 Å². The Morgan fingerprint density at radius 3 is 2.50 bits per heavy atom. The normalized spacial score (nSPS) is 35.0. The average Bonchev–Trinajstić information content (AvgIpc) is 2.98. The summed E-state index contributed by atoms with van der Waals surface area (Å²) in [5.41, 5.74) is 1.79. The van der Waals surface area contributed by atoms with E-state index in [1.54, 1.807) is 11.3 Å². The molecular weight excluding hydrogens is 342 g/mol. The van der Waals surface area contributed by atoms with Crippen LogP contribution in [0.15, 0.2) is 4.79 Å². The van der Waals surface area contributed by atoms with E-state index in [4.69, 9.17) is 4.98 Å². The molecule has 26 heavy (non-hydrogen) atoms. The van der Waals surface area contributed by atoms with E-state index >= 15 is 0 Å². The van der Waals surface area contributed by atoms with Crippen molar-refractivity contribution < 1.29 is 0 Å². The van der Waals surface area contributed by atoms with Crippen LogP contribution in [-0.2, 0) is 12.8 Å². The van der Waals surface area contributed by atoms with Crippen LogP contribution >= 0.6 is 11.3 Å². The van der Waals surface area contributed by atoms with Gasteiger partial charge in [0.05, 0.1) is 5.39 Å². The van der Waals surface area contributed by atoms with Crippen molar-refractivity contribution in [3.63, 3.8) is 0 Å². The second kappa shape index (κ2) is 5.57. The van der Waals surface area contributed by atoms with Crippen molar-refractivity contribution in [3.05, 3.63) is 20.8 Å². The van der Waals surface area contributed by atoms with E-state index in [2.05, 4.69) is 10.3 Å². The number of hydrogen-bond acceptors (Lipinski definition) is 4. The Labute approximate surface area is 157 Å². The molecule has 2 aromatic rings. The van der Waals surface area contributed by atoms with Gasteiger partial charge in [0.15, 0.2) is 0 Å². The standard InChI is InChI=1S/C21H27N3OS/c25-18-17-15-3-1-2-4-16(15)26-19(17)24-20(23-18)22-11-21-8-12-5-13(9-21)7-14(6-12)10-21/h12-14H,1-11H2,(H2,22,23,24,25). The number of nitrogens with one attached hydrogen (secondary N) is 2. The van der Waals surface area contributed by atoms with Crippen LogP contribution in [0.2, 0.25) is 0 Å². The molecular formula is C21H27N3OS. The Morgan fingerprint density at radius 1 is 1.08 bits per heavy atom. The van der Waals surface area contributed by atoms with Gasteiger partial charge in [0, 0.05) is 11.4 Å². The fraction of sp³-hybridized carbons (Fsp3) is 0.714. The molecule has 5 aliphatic rings. The van der Waals surface area contributed by atoms with Crippen molar-refractivity contribution in [1.82, 2.24) is 9.97 Å². The van der Waals surface area contributed by atoms with Crippen molar-refractivity contribution in [2.24, 2.45) is 23.2 Å². The molecule has 4 saturated carbocycles. The maximum absolute atomic E-state index is 12.7. The molecule has 0 unspecified atom stereocenters. The van der Waals surface area contributed by atoms with Gasteiger partial charge in [-0.15, -0.1) is 11.3 Å². The van der Waals surface area contributed by atoms with Gasteiger partial charge in [0.1, 0.15) is 4.83 Å². The van der Waals surface area contributed by atoms with E-state index in [0.717, 1.165) is 47.4 Å². The molecule has 0 spiro atoms. The number of rotatable bonds is 3. The lowest BCUT2D eigenvalue weighted by molar-refractivity contribution is -0.0445. The monoisotopic (exact) mass is 369 g/mol. The number of anilines is 1. The predicted octanol–water partition coefficient (Wildman–Crippen LogP) is 4.49. The molecule has 0 atom stereocenters. The van der Waals surface area contributed by atoms with E-state index in [9.17, 15) is 4.79 Å². The lowest BCUT2D eigenvalue weighted by atomic mass is 9.49. The minimum Gasteiger partial charge on any atom is -0.355 e. The van der Waals surface area contributed by atoms with Crippen LogP contribution in [0.25, 0.3) is 10.2 Å². The van der Waals surface area contributed by atoms with Gasteiger partial charge in [-0.2, -0.15) is 0 Å². The first kappa shape index (κ1) is 15.7. The molecule has 5 heteroatoms. The topological polar surface area (TPSA) is 57.8 Å². The maximum atomic E-state index is 12.7. The highest BCUT2D eigenvalue weighted by molar-refractivity contribution is 7.18. The lowest BCUT2D eigenvalue weighted by Gasteiger charge is -2.56. The Morgan fingerprint density at radius 2 is 1.77 bits per heavy atom. The molecule has 138 valence electrons. The number of fused-ring (bicyclic) bond motifs is 3. The molecule has 2 N–H and O–H groups in total. The van der Waals surface area contributed by atoms with Crippen molar-refractivity contribution in [1.29, 1.82) is 0 Å². The number of aryl methyl sites for hydroxylation is 2. The first-order chi connectivity index (χ1) is 12.7. The number of H-pyrrole nitrogens is 1. The zero-order valence-electron chi connectivity index (χ0n) is 15.3. The van der Waals surface area contributed by atoms with E-state index < -0.39 is 0 Å². The summed E-state index contributed by atoms with van der Waals surface area (Å²) >= 11 is 1.74. The zero-order chi connectivity index (χ0) is 17.3. The SMILES string of the molecule is O=c1[nH]c(NCC23CC4CC(CC(C4)C2)C3)nc2sc3c(c12)CCCC3. The van der Waals surface area contributed by atoms with Gasteiger partial charge < -0.3 is 5.32 Å². The molecule has 0 aliphatic heterocycles. The summed E-state index contributed by atoms with van der Waals surface area (Å²) in [5.74, 6) is 3.57. The largest absolute Gasteiger partial charge is 0.355 e. The molecule has 2 heterocycles. The number of aromatic nitrogens is 2. The first-order valence-corrected chi connectivity index (χ1v) is 11.3. The predicted molar refractivity (Wildman–Crippen MR) is 106 cm³/mol. The van der Waals surface area contributed by atoms with Crippen molar-refractivity contribution in [3.8, 4) is 0 Å². The summed E-state index contributed by atoms with van der Waals surface area (Å²) in [6, 6.07) is 0. The number of hydrogen-bond donors (Lipinski definition) is 2. The molecule has 4 fully saturated rings. The van der Waals surface area contributed by atoms with Crippen LogP contribution in [0, 0.1) is 23.2 Å². The van der Waals surface area contributed by atoms with Gasteiger partial charge >= 0.3 is 0 Å². The van der Waals surface area contributed by atoms with E-state index in [-0.39, 0.29) is 5.56 Å². The van der Waals surface area contributed by atoms with Crippen LogP contribution < -0.4 is 10.9 Å². The van der Waals surface area contributed by atoms with Crippen molar-refractivity contribution in [2.75, 3.05) is 11.9 Å². The summed E-state index contributed by atoms with van der Waals surface area (Å²) in [6.07, 6.45) is 13.2. The summed E-state index contributed by atoms with van der Waals surface area (Å²) in [4.78, 5) is 22.9. The molecule has 0 radical (unpaired) electrons. The van der Waals surface area contributed by atoms with Gasteiger partial charge in [-0.3, -0.25) is 9.78 Å². The Bertz CT molecular complexity index is 892. The third-order valence-electron chi connectivity index (χ3n) is 7.62. The molecule has 0 saturated heterocycles. The van der Waals surface area contributed by atoms with Crippen LogP contribution in [-0.4, -0.2) is 16.5 Å². The van der Waals surface area contributed by atoms with Crippen molar-refractivity contribution in [2.45, 2.75) is 64.2 Å². The lowest BCUT2D eigenvalue weighted by Crippen LogP contribution is -2.49. The highest BCUT2D eigenvalue weighted by Crippen LogP contribution is 2.59. The Balaban J connectivity index is 1.28. The van der Waals surface area contributed by atoms with E-state index in [1.165, 1.54) is 61.8 Å². The smallest absolute Gasteiger partial charge is 0.261 e. The highest BCUT2D eigenvalue weighted by Gasteiger charge is 2.50. The van der Waals surface area contributed by atoms with Gasteiger partial charge in [0.25, 0.3) is 5.56 Å². The Hall–Kier alpha value is -1.36. The summed E-state index contributed by atoms with van der Waals surface area (Å²) in [6.45, 7) is 0.982. The fourth-order valence-corrected chi connectivity index (χ4v) is 8.29. The second-order valence-corrected chi connectivity index (χ2v) is 10.7. The Kier molecular flexibility index (Phi) is 3.36. The van der Waals surface area contributed by atoms with Gasteiger partial charge in [-0.1, -0.05) is 0 Å². The summed E-state index contributed by atoms with van der Waals surface area (Å²) < 4.78 is 0. The second-order valence-electron chi connectivity index (χ2n) is 9.58. The summed E-state index contributed by atoms with van der Waals surface area (Å²) in [7, 11) is 0. The summed E-state index contributed by atoms with van der Waals surface area (Å²) in [5, 5.41) is 4.42. The average molecular weight is 370 g/mol. The van der Waals surface area contributed by atoms with Crippen LogP contribution in [0.4, 0.5) is 5.95 Å². The molecule has 2 aromatic heterocycles. The molecule has 0 aromatic carbocycles. The molecule has 5 aliphatic carbocycles. The van der Waals surface area contributed by atoms with Gasteiger partial charge in [-0.05, 0) is 92.9 Å². The third kappa shape index (κ3) is 2.39. The molecule has 7 rings (SSSR count). The molecule has 0 amide bonds. The number of aromatic amines is 1. The minimum atomic E-state index is 0.0578. The van der Waals surface area contributed by atoms with Crippen LogP contribution in [0.3, 0.4) is 0 Å². The van der Waals surface area contributed by atoms with Gasteiger partial charge in [-0.25, -0.2) is 4.98 Å².